The summed E-state index contributed by atoms with van der Waals surface area (Å²) in [5.74, 6) is 1.64. The van der Waals surface area contributed by atoms with Crippen LogP contribution in [-0.4, -0.2) is 23.2 Å². The highest BCUT2D eigenvalue weighted by atomic mass is 19.4. The molecular weight excluding hydrogens is 640 g/mol. The highest BCUT2D eigenvalue weighted by Crippen LogP contribution is 2.41. The van der Waals surface area contributed by atoms with Crippen LogP contribution in [0, 0.1) is 17.8 Å². The van der Waals surface area contributed by atoms with Crippen molar-refractivity contribution in [2.45, 2.75) is 108 Å². The van der Waals surface area contributed by atoms with Crippen LogP contribution in [0.5, 0.6) is 0 Å². The maximum Gasteiger partial charge on any atom is 0.416 e. The predicted octanol–water partition coefficient (Wildman–Crippen LogP) is 11.4. The summed E-state index contributed by atoms with van der Waals surface area (Å²) in [5.41, 5.74) is 1.82. The zero-order valence-corrected chi connectivity index (χ0v) is 28.0. The van der Waals surface area contributed by atoms with Crippen molar-refractivity contribution in [1.29, 1.82) is 0 Å². The van der Waals surface area contributed by atoms with E-state index in [2.05, 4.69) is 45.6 Å². The number of nitrogens with one attached hydrogen (secondary N) is 1. The third-order valence-corrected chi connectivity index (χ3v) is 10.8. The molecule has 0 amide bonds. The Hall–Kier alpha value is -3.40. The second-order valence-corrected chi connectivity index (χ2v) is 14.1. The monoisotopic (exact) mass is 685 g/mol. The van der Waals surface area contributed by atoms with E-state index < -0.39 is 23.5 Å². The van der Waals surface area contributed by atoms with Crippen molar-refractivity contribution in [2.75, 3.05) is 12.4 Å². The number of aromatic nitrogens is 2. The fourth-order valence-electron chi connectivity index (χ4n) is 8.03. The van der Waals surface area contributed by atoms with E-state index in [4.69, 9.17) is 4.74 Å². The van der Waals surface area contributed by atoms with Crippen LogP contribution in [0.3, 0.4) is 0 Å². The topological polar surface area (TPSA) is 47.0 Å². The van der Waals surface area contributed by atoms with Gasteiger partial charge in [-0.1, -0.05) is 56.0 Å². The Kier molecular flexibility index (Phi) is 11.0. The minimum Gasteiger partial charge on any atom is -0.381 e. The fraction of sp³-hybridized carbons (Fsp3) is 0.538. The van der Waals surface area contributed by atoms with Crippen molar-refractivity contribution in [3.8, 4) is 0 Å². The molecule has 0 spiro atoms. The summed E-state index contributed by atoms with van der Waals surface area (Å²) in [6, 6.07) is 10.1. The van der Waals surface area contributed by atoms with Gasteiger partial charge in [0.05, 0.1) is 22.9 Å². The molecule has 0 saturated heterocycles. The molecule has 10 heteroatoms. The van der Waals surface area contributed by atoms with Crippen LogP contribution in [0.2, 0.25) is 0 Å². The first-order chi connectivity index (χ1) is 23.5. The molecule has 1 aromatic heterocycles. The van der Waals surface area contributed by atoms with Crippen molar-refractivity contribution in [3.05, 3.63) is 88.2 Å². The number of nitrogens with zero attached hydrogens (tertiary/aromatic N) is 2. The Morgan fingerprint density at radius 1 is 0.816 bits per heavy atom. The number of fused-ring (bicyclic) bond motifs is 1. The van der Waals surface area contributed by atoms with Gasteiger partial charge < -0.3 is 10.1 Å². The van der Waals surface area contributed by atoms with Crippen molar-refractivity contribution in [3.63, 3.8) is 0 Å². The molecule has 2 aromatic carbocycles. The van der Waals surface area contributed by atoms with Gasteiger partial charge in [-0.3, -0.25) is 0 Å². The van der Waals surface area contributed by atoms with E-state index in [-0.39, 0.29) is 17.7 Å². The number of anilines is 2. The van der Waals surface area contributed by atoms with Gasteiger partial charge in [-0.15, -0.1) is 0 Å². The van der Waals surface area contributed by atoms with E-state index in [0.717, 1.165) is 60.4 Å². The molecular formula is C39H45F6N3O. The van der Waals surface area contributed by atoms with Crippen molar-refractivity contribution >= 4 is 17.2 Å². The van der Waals surface area contributed by atoms with Gasteiger partial charge in [0.15, 0.2) is 0 Å². The van der Waals surface area contributed by atoms with Crippen LogP contribution in [0.4, 0.5) is 38.0 Å². The maximum absolute atomic E-state index is 13.5. The largest absolute Gasteiger partial charge is 0.416 e. The number of hydrogen-bond donors (Lipinski definition) is 1. The molecule has 3 aliphatic rings. The lowest BCUT2D eigenvalue weighted by atomic mass is 9.77. The molecule has 1 N–H and O–H groups in total. The van der Waals surface area contributed by atoms with Gasteiger partial charge in [-0.2, -0.15) is 26.3 Å². The fourth-order valence-corrected chi connectivity index (χ4v) is 8.03. The summed E-state index contributed by atoms with van der Waals surface area (Å²) in [5, 5.41) is 2.64. The number of allylic oxidation sites excluding steroid dienone is 1. The molecule has 2 fully saturated rings. The quantitative estimate of drug-likeness (QED) is 0.228. The van der Waals surface area contributed by atoms with Crippen LogP contribution < -0.4 is 5.32 Å². The van der Waals surface area contributed by atoms with Gasteiger partial charge in [-0.25, -0.2) is 9.97 Å². The van der Waals surface area contributed by atoms with Crippen molar-refractivity contribution in [1.82, 2.24) is 9.97 Å². The van der Waals surface area contributed by atoms with Crippen molar-refractivity contribution in [2.24, 2.45) is 17.8 Å². The van der Waals surface area contributed by atoms with Crippen LogP contribution in [0.1, 0.15) is 111 Å². The number of benzene rings is 2. The average molecular weight is 686 g/mol. The predicted molar refractivity (Wildman–Crippen MR) is 179 cm³/mol. The molecule has 3 aromatic rings. The van der Waals surface area contributed by atoms with Gasteiger partial charge in [0.2, 0.25) is 5.95 Å². The lowest BCUT2D eigenvalue weighted by Gasteiger charge is -2.28. The first-order valence-electron chi connectivity index (χ1n) is 17.7. The first-order valence-corrected chi connectivity index (χ1v) is 17.7. The number of alkyl halides is 6. The highest BCUT2D eigenvalue weighted by molar-refractivity contribution is 5.81. The summed E-state index contributed by atoms with van der Waals surface area (Å²) in [4.78, 5) is 9.09. The SMILES string of the molecule is COC1CCC(CCCc2ccc(C3=CC(C4CCCCC4)CCc4nc(Nc5cc(C(F)(F)F)cc(C(F)(F)F)c5)ncc43)cc2)CC1. The molecule has 264 valence electrons. The lowest BCUT2D eigenvalue weighted by molar-refractivity contribution is -0.143. The van der Waals surface area contributed by atoms with Crippen LogP contribution in [0.15, 0.2) is 54.7 Å². The third kappa shape index (κ3) is 9.04. The standard InChI is InChI=1S/C39H45F6N3O/c1-49-33-17-12-26(13-18-33)7-5-6-25-10-14-28(15-11-25)34-20-29(27-8-3-2-4-9-27)16-19-36-35(34)24-46-37(48-36)47-32-22-30(38(40,41)42)21-31(23-32)39(43,44)45/h10-11,14-15,20-24,26-27,29,33H,2-9,12-13,16-19H2,1H3,(H,46,47,48). The summed E-state index contributed by atoms with van der Waals surface area (Å²) in [6.07, 6.45) is 10.3. The number of halogens is 6. The van der Waals surface area contributed by atoms with E-state index in [0.29, 0.717) is 36.5 Å². The van der Waals surface area contributed by atoms with E-state index in [1.54, 1.807) is 13.3 Å². The van der Waals surface area contributed by atoms with E-state index in [9.17, 15) is 26.3 Å². The molecule has 4 nitrogen and oxygen atoms in total. The number of rotatable bonds is 9. The van der Waals surface area contributed by atoms with Gasteiger partial charge >= 0.3 is 12.4 Å². The Morgan fingerprint density at radius 2 is 1.49 bits per heavy atom. The third-order valence-electron chi connectivity index (χ3n) is 10.8. The number of methoxy groups -OCH3 is 1. The van der Waals surface area contributed by atoms with Crippen LogP contribution in [0.25, 0.3) is 5.57 Å². The minimum atomic E-state index is -4.95. The minimum absolute atomic E-state index is 0.0345. The highest BCUT2D eigenvalue weighted by Gasteiger charge is 2.37. The average Bonchev–Trinajstić information content (AvgIpc) is 3.28. The van der Waals surface area contributed by atoms with E-state index in [1.807, 2.05) is 0 Å². The summed E-state index contributed by atoms with van der Waals surface area (Å²) < 4.78 is 86.5. The van der Waals surface area contributed by atoms with Gasteiger partial charge in [0.1, 0.15) is 0 Å². The molecule has 0 radical (unpaired) electrons. The number of hydrogen-bond acceptors (Lipinski definition) is 4. The molecule has 0 bridgehead atoms. The second-order valence-electron chi connectivity index (χ2n) is 14.1. The zero-order chi connectivity index (χ0) is 34.6. The second kappa shape index (κ2) is 15.2. The Balaban J connectivity index is 1.23. The Bertz CT molecular complexity index is 1550. The van der Waals surface area contributed by atoms with Crippen LogP contribution in [-0.2, 0) is 29.9 Å². The van der Waals surface area contributed by atoms with E-state index >= 15 is 0 Å². The number of ether oxygens (including phenoxy) is 1. The molecule has 49 heavy (non-hydrogen) atoms. The normalized spacial score (nSPS) is 22.3. The van der Waals surface area contributed by atoms with Gasteiger partial charge in [0.25, 0.3) is 0 Å². The zero-order valence-electron chi connectivity index (χ0n) is 28.0. The molecule has 6 rings (SSSR count). The summed E-state index contributed by atoms with van der Waals surface area (Å²) >= 11 is 0. The lowest BCUT2D eigenvalue weighted by Crippen LogP contribution is -2.20. The molecule has 3 aliphatic carbocycles. The Morgan fingerprint density at radius 3 is 2.12 bits per heavy atom. The molecule has 1 atom stereocenters. The van der Waals surface area contributed by atoms with Crippen LogP contribution >= 0.6 is 0 Å². The molecule has 1 unspecified atom stereocenters. The Labute approximate surface area is 284 Å². The van der Waals surface area contributed by atoms with Crippen molar-refractivity contribution < 1.29 is 31.1 Å². The molecule has 1 heterocycles. The number of aryl methyl sites for hydroxylation is 2. The summed E-state index contributed by atoms with van der Waals surface area (Å²) in [6.45, 7) is 0. The van der Waals surface area contributed by atoms with Gasteiger partial charge in [0, 0.05) is 24.6 Å². The first kappa shape index (κ1) is 35.4. The molecule has 2 saturated carbocycles. The smallest absolute Gasteiger partial charge is 0.381 e. The molecule has 0 aliphatic heterocycles. The van der Waals surface area contributed by atoms with Gasteiger partial charge in [-0.05, 0) is 117 Å². The van der Waals surface area contributed by atoms with E-state index in [1.165, 1.54) is 56.9 Å². The summed E-state index contributed by atoms with van der Waals surface area (Å²) in [7, 11) is 1.80. The maximum atomic E-state index is 13.5.